The lowest BCUT2D eigenvalue weighted by molar-refractivity contribution is 0.0929. The third-order valence-corrected chi connectivity index (χ3v) is 4.53. The van der Waals surface area contributed by atoms with E-state index in [9.17, 15) is 4.79 Å². The van der Waals surface area contributed by atoms with Crippen LogP contribution in [0.1, 0.15) is 28.1 Å². The van der Waals surface area contributed by atoms with Crippen molar-refractivity contribution >= 4 is 34.7 Å². The van der Waals surface area contributed by atoms with Crippen LogP contribution in [0.15, 0.2) is 45.9 Å². The number of ether oxygens (including phenoxy) is 2. The summed E-state index contributed by atoms with van der Waals surface area (Å²) in [6.45, 7) is 2.97. The second-order valence-electron chi connectivity index (χ2n) is 6.13. The van der Waals surface area contributed by atoms with Crippen LogP contribution in [0.5, 0.6) is 11.5 Å². The van der Waals surface area contributed by atoms with Crippen LogP contribution in [0.2, 0.25) is 5.02 Å². The minimum Gasteiger partial charge on any atom is -0.489 e. The van der Waals surface area contributed by atoms with Gasteiger partial charge in [-0.3, -0.25) is 4.79 Å². The highest BCUT2D eigenvalue weighted by Crippen LogP contribution is 2.37. The van der Waals surface area contributed by atoms with Crippen molar-refractivity contribution in [3.05, 3.63) is 58.3 Å². The predicted molar refractivity (Wildman–Crippen MR) is 103 cm³/mol. The largest absolute Gasteiger partial charge is 0.489 e. The number of nitrogens with one attached hydrogen (secondary N) is 1. The zero-order valence-electron chi connectivity index (χ0n) is 14.6. The van der Waals surface area contributed by atoms with E-state index in [2.05, 4.69) is 10.5 Å². The molecule has 6 nitrogen and oxygen atoms in total. The van der Waals surface area contributed by atoms with E-state index in [1.54, 1.807) is 12.1 Å². The second kappa shape index (κ2) is 7.32. The van der Waals surface area contributed by atoms with Gasteiger partial charge >= 0.3 is 5.91 Å². The molecule has 1 N–H and O–H groups in total. The highest BCUT2D eigenvalue weighted by Gasteiger charge is 2.17. The van der Waals surface area contributed by atoms with Crippen LogP contribution < -0.4 is 14.9 Å². The van der Waals surface area contributed by atoms with Crippen LogP contribution in [0.4, 0.5) is 0 Å². The third kappa shape index (κ3) is 3.48. The van der Waals surface area contributed by atoms with E-state index in [1.165, 1.54) is 6.21 Å². The molecule has 0 atom stereocenters. The first-order chi connectivity index (χ1) is 13.1. The van der Waals surface area contributed by atoms with Crippen LogP contribution >= 0.6 is 11.6 Å². The monoisotopic (exact) mass is 384 g/mol. The topological polar surface area (TPSA) is 73.1 Å². The van der Waals surface area contributed by atoms with Crippen molar-refractivity contribution in [3.63, 3.8) is 0 Å². The van der Waals surface area contributed by atoms with Gasteiger partial charge in [0, 0.05) is 17.4 Å². The highest BCUT2D eigenvalue weighted by molar-refractivity contribution is 6.32. The van der Waals surface area contributed by atoms with Crippen molar-refractivity contribution in [2.24, 2.45) is 5.10 Å². The predicted octanol–water partition coefficient (Wildman–Crippen LogP) is 4.32. The van der Waals surface area contributed by atoms with Crippen molar-refractivity contribution in [2.75, 3.05) is 13.2 Å². The van der Waals surface area contributed by atoms with Gasteiger partial charge in [0.05, 0.1) is 24.5 Å². The molecule has 7 heteroatoms. The Morgan fingerprint density at radius 2 is 2.04 bits per heavy atom. The molecule has 4 rings (SSSR count). The summed E-state index contributed by atoms with van der Waals surface area (Å²) < 4.78 is 16.9. The lowest BCUT2D eigenvalue weighted by Crippen LogP contribution is -2.17. The fourth-order valence-corrected chi connectivity index (χ4v) is 3.21. The maximum absolute atomic E-state index is 12.4. The van der Waals surface area contributed by atoms with Crippen molar-refractivity contribution in [3.8, 4) is 11.5 Å². The molecule has 1 aliphatic heterocycles. The molecule has 0 spiro atoms. The quantitative estimate of drug-likeness (QED) is 0.539. The van der Waals surface area contributed by atoms with Crippen molar-refractivity contribution < 1.29 is 18.7 Å². The number of para-hydroxylation sites is 1. The van der Waals surface area contributed by atoms with Crippen LogP contribution in [0, 0.1) is 6.92 Å². The summed E-state index contributed by atoms with van der Waals surface area (Å²) in [6.07, 6.45) is 2.29. The Labute approximate surface area is 160 Å². The molecule has 0 fully saturated rings. The molecule has 0 saturated carbocycles. The lowest BCUT2D eigenvalue weighted by Gasteiger charge is -2.09. The summed E-state index contributed by atoms with van der Waals surface area (Å²) in [5, 5.41) is 5.35. The normalized spacial score (nSPS) is 13.7. The summed E-state index contributed by atoms with van der Waals surface area (Å²) >= 11 is 6.25. The molecule has 138 valence electrons. The van der Waals surface area contributed by atoms with Gasteiger partial charge in [-0.25, -0.2) is 5.43 Å². The number of benzene rings is 2. The van der Waals surface area contributed by atoms with E-state index in [4.69, 9.17) is 25.5 Å². The smallest absolute Gasteiger partial charge is 0.307 e. The fourth-order valence-electron chi connectivity index (χ4n) is 2.93. The molecule has 0 bridgehead atoms. The number of furan rings is 1. The molecule has 3 aromatic rings. The van der Waals surface area contributed by atoms with E-state index in [1.807, 2.05) is 31.2 Å². The average molecular weight is 385 g/mol. The van der Waals surface area contributed by atoms with E-state index in [-0.39, 0.29) is 5.76 Å². The van der Waals surface area contributed by atoms with Gasteiger partial charge in [0.1, 0.15) is 5.58 Å². The maximum atomic E-state index is 12.4. The zero-order valence-corrected chi connectivity index (χ0v) is 15.4. The molecular formula is C20H17ClN2O4. The average Bonchev–Trinajstić information content (AvgIpc) is 2.84. The Morgan fingerprint density at radius 1 is 1.22 bits per heavy atom. The number of hydrogen-bond donors (Lipinski definition) is 1. The molecular weight excluding hydrogens is 368 g/mol. The van der Waals surface area contributed by atoms with Gasteiger partial charge in [-0.2, -0.15) is 5.10 Å². The number of nitrogens with zero attached hydrogens (tertiary/aromatic N) is 1. The molecule has 1 aliphatic rings. The van der Waals surface area contributed by atoms with Gasteiger partial charge < -0.3 is 13.9 Å². The Bertz CT molecular complexity index is 1040. The number of amides is 1. The minimum atomic E-state index is -0.416. The first-order valence-corrected chi connectivity index (χ1v) is 8.92. The van der Waals surface area contributed by atoms with E-state index < -0.39 is 5.91 Å². The number of rotatable bonds is 3. The number of hydrogen-bond acceptors (Lipinski definition) is 5. The number of carbonyl (C=O) groups is 1. The van der Waals surface area contributed by atoms with Crippen molar-refractivity contribution in [1.29, 1.82) is 0 Å². The molecule has 0 saturated heterocycles. The first kappa shape index (κ1) is 17.4. The van der Waals surface area contributed by atoms with Crippen LogP contribution in [0.25, 0.3) is 11.0 Å². The second-order valence-corrected chi connectivity index (χ2v) is 6.54. The van der Waals surface area contributed by atoms with Crippen molar-refractivity contribution in [1.82, 2.24) is 5.43 Å². The van der Waals surface area contributed by atoms with Gasteiger partial charge in [0.2, 0.25) is 0 Å². The Hall–Kier alpha value is -2.99. The Balaban J connectivity index is 1.52. The standard InChI is InChI=1S/C20H17ClN2O4/c1-12-14-5-2-3-6-16(14)27-18(12)20(24)23-22-11-13-9-15(21)19-17(10-13)25-7-4-8-26-19/h2-3,5-6,9-11H,4,7-8H2,1H3,(H,23,24)/b22-11-. The van der Waals surface area contributed by atoms with Gasteiger partial charge in [0.15, 0.2) is 17.3 Å². The van der Waals surface area contributed by atoms with E-state index in [0.717, 1.165) is 17.4 Å². The molecule has 1 aromatic heterocycles. The van der Waals surface area contributed by atoms with Crippen molar-refractivity contribution in [2.45, 2.75) is 13.3 Å². The van der Waals surface area contributed by atoms with Crippen LogP contribution in [-0.4, -0.2) is 25.3 Å². The number of fused-ring (bicyclic) bond motifs is 2. The van der Waals surface area contributed by atoms with Crippen LogP contribution in [0.3, 0.4) is 0 Å². The lowest BCUT2D eigenvalue weighted by atomic mass is 10.1. The highest BCUT2D eigenvalue weighted by atomic mass is 35.5. The summed E-state index contributed by atoms with van der Waals surface area (Å²) in [4.78, 5) is 12.4. The summed E-state index contributed by atoms with van der Waals surface area (Å²) in [7, 11) is 0. The summed E-state index contributed by atoms with van der Waals surface area (Å²) in [5.41, 5.74) is 4.61. The Morgan fingerprint density at radius 3 is 2.89 bits per heavy atom. The maximum Gasteiger partial charge on any atom is 0.307 e. The molecule has 1 amide bonds. The minimum absolute atomic E-state index is 0.241. The number of carbonyl (C=O) groups excluding carboxylic acids is 1. The molecule has 0 unspecified atom stereocenters. The van der Waals surface area contributed by atoms with Gasteiger partial charge in [0.25, 0.3) is 0 Å². The van der Waals surface area contributed by atoms with Gasteiger partial charge in [-0.15, -0.1) is 0 Å². The number of aryl methyl sites for hydroxylation is 1. The van der Waals surface area contributed by atoms with Gasteiger partial charge in [-0.05, 0) is 30.7 Å². The van der Waals surface area contributed by atoms with E-state index in [0.29, 0.717) is 40.9 Å². The zero-order chi connectivity index (χ0) is 18.8. The van der Waals surface area contributed by atoms with Gasteiger partial charge in [-0.1, -0.05) is 29.8 Å². The molecule has 2 aromatic carbocycles. The number of hydrazone groups is 1. The fraction of sp³-hybridized carbons (Fsp3) is 0.200. The van der Waals surface area contributed by atoms with E-state index >= 15 is 0 Å². The Kier molecular flexibility index (Phi) is 4.73. The molecule has 0 radical (unpaired) electrons. The van der Waals surface area contributed by atoms with Crippen LogP contribution in [-0.2, 0) is 0 Å². The SMILES string of the molecule is Cc1c(C(=O)N/N=C\c2cc(Cl)c3c(c2)OCCCO3)oc2ccccc12. The summed E-state index contributed by atoms with van der Waals surface area (Å²) in [5.74, 6) is 0.930. The third-order valence-electron chi connectivity index (χ3n) is 4.25. The first-order valence-electron chi connectivity index (χ1n) is 8.54. The number of halogens is 1. The molecule has 2 heterocycles. The summed E-state index contributed by atoms with van der Waals surface area (Å²) in [6, 6.07) is 11.0. The molecule has 0 aliphatic carbocycles. The molecule has 27 heavy (non-hydrogen) atoms.